The number of H-pyrrole nitrogens is 1. The van der Waals surface area contributed by atoms with Crippen LogP contribution in [0.1, 0.15) is 18.5 Å². The van der Waals surface area contributed by atoms with Gasteiger partial charge in [-0.3, -0.25) is 4.90 Å². The first-order chi connectivity index (χ1) is 10.3. The smallest absolute Gasteiger partial charge is 0.137 e. The third-order valence-electron chi connectivity index (χ3n) is 4.92. The van der Waals surface area contributed by atoms with Crippen LogP contribution in [-0.4, -0.2) is 41.0 Å². The minimum Gasteiger partial charge on any atom is -0.341 e. The van der Waals surface area contributed by atoms with Crippen LogP contribution in [0, 0.1) is 5.41 Å². The highest BCUT2D eigenvalue weighted by Gasteiger charge is 2.40. The molecule has 22 heavy (non-hydrogen) atoms. The van der Waals surface area contributed by atoms with Gasteiger partial charge in [-0.25, -0.2) is 4.98 Å². The Morgan fingerprint density at radius 3 is 2.82 bits per heavy atom. The molecule has 1 unspecified atom stereocenters. The summed E-state index contributed by atoms with van der Waals surface area (Å²) in [6.07, 6.45) is 4.65. The maximum absolute atomic E-state index is 4.52. The Balaban J connectivity index is 0.00000144. The molecule has 0 bridgehead atoms. The van der Waals surface area contributed by atoms with Crippen LogP contribution in [0.3, 0.4) is 0 Å². The normalized spacial score (nSPS) is 24.7. The first-order valence-corrected chi connectivity index (χ1v) is 7.85. The second-order valence-corrected chi connectivity index (χ2v) is 6.51. The molecule has 5 heteroatoms. The summed E-state index contributed by atoms with van der Waals surface area (Å²) >= 11 is 0. The summed E-state index contributed by atoms with van der Waals surface area (Å²) < 4.78 is 0. The third-order valence-corrected chi connectivity index (χ3v) is 4.92. The number of rotatable bonds is 3. The Bertz CT molecular complexity index is 604. The van der Waals surface area contributed by atoms with E-state index in [1.54, 1.807) is 0 Å². The van der Waals surface area contributed by atoms with E-state index in [-0.39, 0.29) is 12.4 Å². The van der Waals surface area contributed by atoms with Crippen LogP contribution in [0.4, 0.5) is 0 Å². The van der Waals surface area contributed by atoms with Crippen LogP contribution < -0.4 is 5.32 Å². The predicted octanol–water partition coefficient (Wildman–Crippen LogP) is 2.68. The van der Waals surface area contributed by atoms with Crippen LogP contribution in [-0.2, 0) is 6.54 Å². The van der Waals surface area contributed by atoms with E-state index in [0.29, 0.717) is 5.41 Å². The number of nitrogens with zero attached hydrogens (tertiary/aromatic N) is 2. The van der Waals surface area contributed by atoms with Crippen molar-refractivity contribution in [2.45, 2.75) is 19.4 Å². The zero-order chi connectivity index (χ0) is 14.1. The summed E-state index contributed by atoms with van der Waals surface area (Å²) in [5.74, 6) is 0.974. The molecule has 2 aliphatic heterocycles. The maximum atomic E-state index is 4.52. The van der Waals surface area contributed by atoms with Crippen LogP contribution in [0.2, 0.25) is 0 Å². The number of likely N-dealkylation sites (tertiary alicyclic amines) is 1. The van der Waals surface area contributed by atoms with E-state index in [4.69, 9.17) is 0 Å². The third kappa shape index (κ3) is 3.05. The molecule has 0 saturated carbocycles. The average Bonchev–Trinajstić information content (AvgIpc) is 3.24. The first-order valence-electron chi connectivity index (χ1n) is 7.85. The van der Waals surface area contributed by atoms with Crippen molar-refractivity contribution in [1.82, 2.24) is 20.2 Å². The molecule has 1 atom stereocenters. The SMILES string of the molecule is Cl.c1ccc(-c2ncc(CN3CCC4(CCNC4)C3)[nH]2)cc1. The van der Waals surface area contributed by atoms with Gasteiger partial charge in [0, 0.05) is 37.1 Å². The van der Waals surface area contributed by atoms with E-state index >= 15 is 0 Å². The van der Waals surface area contributed by atoms with Gasteiger partial charge in [-0.1, -0.05) is 30.3 Å². The van der Waals surface area contributed by atoms with Crippen molar-refractivity contribution in [1.29, 1.82) is 0 Å². The van der Waals surface area contributed by atoms with E-state index < -0.39 is 0 Å². The Hall–Kier alpha value is -1.36. The van der Waals surface area contributed by atoms with Crippen LogP contribution in [0.15, 0.2) is 36.5 Å². The summed E-state index contributed by atoms with van der Waals surface area (Å²) in [7, 11) is 0. The van der Waals surface area contributed by atoms with Gasteiger partial charge >= 0.3 is 0 Å². The molecule has 2 aliphatic rings. The van der Waals surface area contributed by atoms with Crippen LogP contribution >= 0.6 is 12.4 Å². The molecule has 4 nitrogen and oxygen atoms in total. The molecule has 2 saturated heterocycles. The number of imidazole rings is 1. The molecule has 2 N–H and O–H groups in total. The number of hydrogen-bond donors (Lipinski definition) is 2. The van der Waals surface area contributed by atoms with E-state index in [9.17, 15) is 0 Å². The molecule has 1 aromatic heterocycles. The van der Waals surface area contributed by atoms with Crippen molar-refractivity contribution >= 4 is 12.4 Å². The minimum absolute atomic E-state index is 0. The van der Waals surface area contributed by atoms with Crippen molar-refractivity contribution < 1.29 is 0 Å². The van der Waals surface area contributed by atoms with Gasteiger partial charge < -0.3 is 10.3 Å². The lowest BCUT2D eigenvalue weighted by Gasteiger charge is -2.22. The van der Waals surface area contributed by atoms with Gasteiger partial charge in [-0.05, 0) is 31.3 Å². The summed E-state index contributed by atoms with van der Waals surface area (Å²) in [5, 5.41) is 3.52. The van der Waals surface area contributed by atoms with Gasteiger partial charge in [0.1, 0.15) is 5.82 Å². The fraction of sp³-hybridized carbons (Fsp3) is 0.471. The highest BCUT2D eigenvalue weighted by Crippen LogP contribution is 2.36. The Morgan fingerprint density at radius 2 is 2.05 bits per heavy atom. The molecule has 0 radical (unpaired) electrons. The van der Waals surface area contributed by atoms with Gasteiger partial charge in [0.05, 0.1) is 0 Å². The van der Waals surface area contributed by atoms with Crippen LogP contribution in [0.5, 0.6) is 0 Å². The van der Waals surface area contributed by atoms with Crippen molar-refractivity contribution in [2.75, 3.05) is 26.2 Å². The first kappa shape index (κ1) is 15.5. The van der Waals surface area contributed by atoms with Crippen molar-refractivity contribution in [3.8, 4) is 11.4 Å². The Morgan fingerprint density at radius 1 is 1.18 bits per heavy atom. The molecule has 3 heterocycles. The van der Waals surface area contributed by atoms with Gasteiger partial charge in [-0.2, -0.15) is 0 Å². The highest BCUT2D eigenvalue weighted by atomic mass is 35.5. The van der Waals surface area contributed by atoms with Gasteiger partial charge in [0.2, 0.25) is 0 Å². The fourth-order valence-electron chi connectivity index (χ4n) is 3.73. The van der Waals surface area contributed by atoms with Crippen molar-refractivity contribution in [2.24, 2.45) is 5.41 Å². The number of nitrogens with one attached hydrogen (secondary N) is 2. The number of benzene rings is 1. The molecular weight excluding hydrogens is 296 g/mol. The van der Waals surface area contributed by atoms with Crippen molar-refractivity contribution in [3.05, 3.63) is 42.2 Å². The monoisotopic (exact) mass is 318 g/mol. The number of hydrogen-bond acceptors (Lipinski definition) is 3. The Labute approximate surface area is 137 Å². The molecule has 0 amide bonds. The van der Waals surface area contributed by atoms with E-state index in [0.717, 1.165) is 17.9 Å². The molecule has 0 aliphatic carbocycles. The topological polar surface area (TPSA) is 44.0 Å². The lowest BCUT2D eigenvalue weighted by molar-refractivity contribution is 0.267. The minimum atomic E-state index is 0. The summed E-state index contributed by atoms with van der Waals surface area (Å²) in [6, 6.07) is 10.3. The lowest BCUT2D eigenvalue weighted by Crippen LogP contribution is -2.29. The number of aromatic amines is 1. The van der Waals surface area contributed by atoms with Crippen molar-refractivity contribution in [3.63, 3.8) is 0 Å². The maximum Gasteiger partial charge on any atom is 0.137 e. The Kier molecular flexibility index (Phi) is 4.52. The second-order valence-electron chi connectivity index (χ2n) is 6.51. The molecule has 2 fully saturated rings. The summed E-state index contributed by atoms with van der Waals surface area (Å²) in [6.45, 7) is 5.81. The number of halogens is 1. The quantitative estimate of drug-likeness (QED) is 0.914. The predicted molar refractivity (Wildman–Crippen MR) is 91.1 cm³/mol. The standard InChI is InChI=1S/C17H22N4.ClH/c1-2-4-14(5-3-1)16-19-10-15(20-16)11-21-9-7-17(13-21)6-8-18-12-17;/h1-5,10,18H,6-9,11-13H2,(H,19,20);1H. The van der Waals surface area contributed by atoms with Gasteiger partial charge in [-0.15, -0.1) is 12.4 Å². The van der Waals surface area contributed by atoms with Gasteiger partial charge in [0.15, 0.2) is 0 Å². The molecular formula is C17H23ClN4. The summed E-state index contributed by atoms with van der Waals surface area (Å²) in [5.41, 5.74) is 2.92. The van der Waals surface area contributed by atoms with E-state index in [2.05, 4.69) is 44.5 Å². The molecule has 4 rings (SSSR count). The highest BCUT2D eigenvalue weighted by molar-refractivity contribution is 5.85. The van der Waals surface area contributed by atoms with E-state index in [1.165, 1.54) is 44.7 Å². The fourth-order valence-corrected chi connectivity index (χ4v) is 3.73. The van der Waals surface area contributed by atoms with Gasteiger partial charge in [0.25, 0.3) is 0 Å². The number of aromatic nitrogens is 2. The van der Waals surface area contributed by atoms with E-state index in [1.807, 2.05) is 12.3 Å². The molecule has 2 aromatic rings. The largest absolute Gasteiger partial charge is 0.341 e. The zero-order valence-electron chi connectivity index (χ0n) is 12.7. The lowest BCUT2D eigenvalue weighted by atomic mass is 9.87. The second kappa shape index (κ2) is 6.41. The van der Waals surface area contributed by atoms with Crippen LogP contribution in [0.25, 0.3) is 11.4 Å². The average molecular weight is 319 g/mol. The summed E-state index contributed by atoms with van der Waals surface area (Å²) in [4.78, 5) is 10.6. The zero-order valence-corrected chi connectivity index (χ0v) is 13.5. The molecule has 1 spiro atoms. The molecule has 1 aromatic carbocycles. The molecule has 118 valence electrons.